The van der Waals surface area contributed by atoms with Gasteiger partial charge < -0.3 is 10.0 Å². The molecule has 0 spiro atoms. The molecule has 1 aromatic rings. The van der Waals surface area contributed by atoms with Crippen molar-refractivity contribution in [1.82, 2.24) is 9.80 Å². The van der Waals surface area contributed by atoms with Crippen molar-refractivity contribution < 1.29 is 14.7 Å². The van der Waals surface area contributed by atoms with E-state index in [0.29, 0.717) is 19.6 Å². The molecule has 1 heterocycles. The van der Waals surface area contributed by atoms with Crippen molar-refractivity contribution in [3.63, 3.8) is 0 Å². The van der Waals surface area contributed by atoms with Gasteiger partial charge in [-0.2, -0.15) is 0 Å². The Morgan fingerprint density at radius 1 is 1.24 bits per heavy atom. The number of hydrogen-bond donors (Lipinski definition) is 1. The number of carboxylic acid groups (broad SMARTS) is 1. The van der Waals surface area contributed by atoms with Gasteiger partial charge in [0, 0.05) is 38.3 Å². The van der Waals surface area contributed by atoms with Gasteiger partial charge in [0.1, 0.15) is 0 Å². The van der Waals surface area contributed by atoms with Crippen molar-refractivity contribution in [3.05, 3.63) is 35.4 Å². The van der Waals surface area contributed by atoms with Crippen molar-refractivity contribution >= 4 is 11.9 Å². The van der Waals surface area contributed by atoms with Crippen molar-refractivity contribution in [3.8, 4) is 0 Å². The van der Waals surface area contributed by atoms with E-state index in [-0.39, 0.29) is 11.8 Å². The Balaban J connectivity index is 1.89. The van der Waals surface area contributed by atoms with Gasteiger partial charge in [0.25, 0.3) is 5.91 Å². The largest absolute Gasteiger partial charge is 0.481 e. The SMILES string of the molecule is Cc1cccc(C(=O)N2CCN(CC(C)C(=O)O)CC2)c1. The Kier molecular flexibility index (Phi) is 4.96. The zero-order chi connectivity index (χ0) is 15.4. The second-order valence-electron chi connectivity index (χ2n) is 5.70. The highest BCUT2D eigenvalue weighted by Gasteiger charge is 2.24. The van der Waals surface area contributed by atoms with E-state index in [4.69, 9.17) is 5.11 Å². The minimum absolute atomic E-state index is 0.0598. The number of carboxylic acids is 1. The average Bonchev–Trinajstić information content (AvgIpc) is 2.47. The third-order valence-corrected chi connectivity index (χ3v) is 3.88. The number of aryl methyl sites for hydroxylation is 1. The predicted molar refractivity (Wildman–Crippen MR) is 80.3 cm³/mol. The number of nitrogens with zero attached hydrogens (tertiary/aromatic N) is 2. The first kappa shape index (κ1) is 15.5. The van der Waals surface area contributed by atoms with Crippen molar-refractivity contribution in [2.45, 2.75) is 13.8 Å². The van der Waals surface area contributed by atoms with Crippen LogP contribution in [0.4, 0.5) is 0 Å². The molecular formula is C16H22N2O3. The van der Waals surface area contributed by atoms with Crippen LogP contribution in [-0.4, -0.2) is 59.5 Å². The highest BCUT2D eigenvalue weighted by molar-refractivity contribution is 5.94. The molecule has 114 valence electrons. The van der Waals surface area contributed by atoms with Crippen molar-refractivity contribution in [1.29, 1.82) is 0 Å². The van der Waals surface area contributed by atoms with Crippen LogP contribution in [0, 0.1) is 12.8 Å². The van der Waals surface area contributed by atoms with E-state index in [1.165, 1.54) is 0 Å². The molecule has 1 atom stereocenters. The molecule has 0 saturated carbocycles. The number of benzene rings is 1. The van der Waals surface area contributed by atoms with Crippen LogP contribution in [-0.2, 0) is 4.79 Å². The molecule has 1 saturated heterocycles. The van der Waals surface area contributed by atoms with Gasteiger partial charge in [0.05, 0.1) is 5.92 Å². The Hall–Kier alpha value is -1.88. The lowest BCUT2D eigenvalue weighted by atomic mass is 10.1. The molecule has 21 heavy (non-hydrogen) atoms. The quantitative estimate of drug-likeness (QED) is 0.912. The lowest BCUT2D eigenvalue weighted by Gasteiger charge is -2.35. The molecule has 0 radical (unpaired) electrons. The molecule has 5 nitrogen and oxygen atoms in total. The zero-order valence-electron chi connectivity index (χ0n) is 12.6. The van der Waals surface area contributed by atoms with Gasteiger partial charge in [-0.15, -0.1) is 0 Å². The first-order valence-corrected chi connectivity index (χ1v) is 7.28. The number of carbonyl (C=O) groups is 2. The van der Waals surface area contributed by atoms with Gasteiger partial charge in [-0.25, -0.2) is 0 Å². The first-order chi connectivity index (χ1) is 9.97. The summed E-state index contributed by atoms with van der Waals surface area (Å²) in [5, 5.41) is 8.94. The summed E-state index contributed by atoms with van der Waals surface area (Å²) >= 11 is 0. The van der Waals surface area contributed by atoms with Gasteiger partial charge >= 0.3 is 5.97 Å². The van der Waals surface area contributed by atoms with Crippen LogP contribution >= 0.6 is 0 Å². The van der Waals surface area contributed by atoms with Crippen LogP contribution in [0.15, 0.2) is 24.3 Å². The molecule has 1 N–H and O–H groups in total. The Labute approximate surface area is 125 Å². The molecule has 2 rings (SSSR count). The number of piperazine rings is 1. The molecule has 0 aliphatic carbocycles. The van der Waals surface area contributed by atoms with Gasteiger partial charge in [-0.05, 0) is 19.1 Å². The van der Waals surface area contributed by atoms with E-state index < -0.39 is 5.97 Å². The van der Waals surface area contributed by atoms with Crippen LogP contribution in [0.1, 0.15) is 22.8 Å². The lowest BCUT2D eigenvalue weighted by molar-refractivity contribution is -0.141. The van der Waals surface area contributed by atoms with Crippen molar-refractivity contribution in [2.75, 3.05) is 32.7 Å². The lowest BCUT2D eigenvalue weighted by Crippen LogP contribution is -2.50. The highest BCUT2D eigenvalue weighted by Crippen LogP contribution is 2.11. The minimum atomic E-state index is -0.770. The fourth-order valence-corrected chi connectivity index (χ4v) is 2.56. The average molecular weight is 290 g/mol. The molecule has 0 bridgehead atoms. The molecule has 1 aliphatic rings. The molecule has 1 fully saturated rings. The monoisotopic (exact) mass is 290 g/mol. The standard InChI is InChI=1S/C16H22N2O3/c1-12-4-3-5-14(10-12)15(19)18-8-6-17(7-9-18)11-13(2)16(20)21/h3-5,10,13H,6-9,11H2,1-2H3,(H,20,21). The maximum Gasteiger partial charge on any atom is 0.307 e. The van der Waals surface area contributed by atoms with E-state index in [1.807, 2.05) is 36.1 Å². The fourth-order valence-electron chi connectivity index (χ4n) is 2.56. The van der Waals surface area contributed by atoms with E-state index in [9.17, 15) is 9.59 Å². The Morgan fingerprint density at radius 3 is 2.48 bits per heavy atom. The summed E-state index contributed by atoms with van der Waals surface area (Å²) in [6, 6.07) is 7.62. The molecule has 1 unspecified atom stereocenters. The van der Waals surface area contributed by atoms with E-state index >= 15 is 0 Å². The summed E-state index contributed by atoms with van der Waals surface area (Å²) < 4.78 is 0. The topological polar surface area (TPSA) is 60.9 Å². The number of hydrogen-bond acceptors (Lipinski definition) is 3. The summed E-state index contributed by atoms with van der Waals surface area (Å²) in [6.45, 7) is 7.00. The molecule has 1 aromatic carbocycles. The van der Waals surface area contributed by atoms with Gasteiger partial charge in [0.15, 0.2) is 0 Å². The Bertz CT molecular complexity index is 522. The van der Waals surface area contributed by atoms with Crippen LogP contribution in [0.3, 0.4) is 0 Å². The van der Waals surface area contributed by atoms with E-state index in [2.05, 4.69) is 4.90 Å². The minimum Gasteiger partial charge on any atom is -0.481 e. The fraction of sp³-hybridized carbons (Fsp3) is 0.500. The van der Waals surface area contributed by atoms with Crippen LogP contribution in [0.25, 0.3) is 0 Å². The highest BCUT2D eigenvalue weighted by atomic mass is 16.4. The third-order valence-electron chi connectivity index (χ3n) is 3.88. The molecule has 0 aromatic heterocycles. The van der Waals surface area contributed by atoms with E-state index in [1.54, 1.807) is 6.92 Å². The summed E-state index contributed by atoms with van der Waals surface area (Å²) in [5.74, 6) is -1.08. The number of amides is 1. The summed E-state index contributed by atoms with van der Waals surface area (Å²) in [7, 11) is 0. The van der Waals surface area contributed by atoms with Gasteiger partial charge in [-0.1, -0.05) is 24.6 Å². The van der Waals surface area contributed by atoms with Crippen LogP contribution < -0.4 is 0 Å². The predicted octanol–water partition coefficient (Wildman–Crippen LogP) is 1.47. The number of carbonyl (C=O) groups excluding carboxylic acids is 1. The molecular weight excluding hydrogens is 268 g/mol. The van der Waals surface area contributed by atoms with Gasteiger partial charge in [0.2, 0.25) is 0 Å². The number of rotatable bonds is 4. The smallest absolute Gasteiger partial charge is 0.307 e. The molecule has 1 aliphatic heterocycles. The van der Waals surface area contributed by atoms with Gasteiger partial charge in [-0.3, -0.25) is 14.5 Å². The zero-order valence-corrected chi connectivity index (χ0v) is 12.6. The van der Waals surface area contributed by atoms with Crippen LogP contribution in [0.2, 0.25) is 0 Å². The molecule has 5 heteroatoms. The maximum atomic E-state index is 12.4. The summed E-state index contributed by atoms with van der Waals surface area (Å²) in [5.41, 5.74) is 1.80. The second kappa shape index (κ2) is 6.72. The Morgan fingerprint density at radius 2 is 1.90 bits per heavy atom. The van der Waals surface area contributed by atoms with E-state index in [0.717, 1.165) is 24.2 Å². The first-order valence-electron chi connectivity index (χ1n) is 7.28. The maximum absolute atomic E-state index is 12.4. The van der Waals surface area contributed by atoms with Crippen molar-refractivity contribution in [2.24, 2.45) is 5.92 Å². The second-order valence-corrected chi connectivity index (χ2v) is 5.70. The normalized spacial score (nSPS) is 17.5. The summed E-state index contributed by atoms with van der Waals surface area (Å²) in [6.07, 6.45) is 0. The molecule has 1 amide bonds. The number of aliphatic carboxylic acids is 1. The third kappa shape index (κ3) is 4.04. The summed E-state index contributed by atoms with van der Waals surface area (Å²) in [4.78, 5) is 27.2. The van der Waals surface area contributed by atoms with Crippen LogP contribution in [0.5, 0.6) is 0 Å².